The molecule has 0 unspecified atom stereocenters. The topological polar surface area (TPSA) is 40.5 Å². The average molecular weight is 264 g/mol. The standard InChI is InChI=1S/C11H16O.C6H12O/c1-11(2,3)10-6-4-9(8-12)5-7-10;7-6-4-2-1-3-5-6/h4-7,12H,8H2,1-3H3;6-7H,1-5H2. The van der Waals surface area contributed by atoms with Gasteiger partial charge in [-0.15, -0.1) is 0 Å². The Labute approximate surface area is 117 Å². The van der Waals surface area contributed by atoms with E-state index >= 15 is 0 Å². The van der Waals surface area contributed by atoms with E-state index in [2.05, 4.69) is 32.9 Å². The smallest absolute Gasteiger partial charge is 0.0681 e. The summed E-state index contributed by atoms with van der Waals surface area (Å²) in [5, 5.41) is 17.7. The van der Waals surface area contributed by atoms with Crippen LogP contribution in [0.5, 0.6) is 0 Å². The maximum atomic E-state index is 8.91. The van der Waals surface area contributed by atoms with Gasteiger partial charge in [-0.05, 0) is 29.4 Å². The van der Waals surface area contributed by atoms with Gasteiger partial charge in [-0.25, -0.2) is 0 Å². The van der Waals surface area contributed by atoms with Gasteiger partial charge < -0.3 is 10.2 Å². The van der Waals surface area contributed by atoms with Crippen LogP contribution in [0, 0.1) is 0 Å². The van der Waals surface area contributed by atoms with E-state index in [1.165, 1.54) is 24.8 Å². The first-order chi connectivity index (χ1) is 8.93. The summed E-state index contributed by atoms with van der Waals surface area (Å²) in [4.78, 5) is 0. The van der Waals surface area contributed by atoms with E-state index in [1.807, 2.05) is 12.1 Å². The van der Waals surface area contributed by atoms with Crippen LogP contribution < -0.4 is 0 Å². The second-order valence-corrected chi connectivity index (χ2v) is 6.40. The summed E-state index contributed by atoms with van der Waals surface area (Å²) in [7, 11) is 0. The number of aliphatic hydroxyl groups excluding tert-OH is 2. The molecule has 1 saturated carbocycles. The molecule has 0 amide bonds. The fourth-order valence-electron chi connectivity index (χ4n) is 2.19. The van der Waals surface area contributed by atoms with E-state index in [9.17, 15) is 0 Å². The molecular formula is C17H28O2. The van der Waals surface area contributed by atoms with Gasteiger partial charge >= 0.3 is 0 Å². The normalized spacial score (nSPS) is 16.7. The Bertz CT molecular complexity index is 343. The number of benzene rings is 1. The zero-order chi connectivity index (χ0) is 14.3. The third-order valence-corrected chi connectivity index (χ3v) is 3.58. The van der Waals surface area contributed by atoms with Crippen molar-refractivity contribution in [1.82, 2.24) is 0 Å². The summed E-state index contributed by atoms with van der Waals surface area (Å²) in [5.74, 6) is 0. The van der Waals surface area contributed by atoms with Gasteiger partial charge in [0.15, 0.2) is 0 Å². The average Bonchev–Trinajstić information content (AvgIpc) is 2.39. The van der Waals surface area contributed by atoms with Crippen LogP contribution in [-0.2, 0) is 12.0 Å². The maximum absolute atomic E-state index is 8.91. The minimum atomic E-state index is 0.0359. The molecule has 0 radical (unpaired) electrons. The van der Waals surface area contributed by atoms with Crippen LogP contribution in [0.25, 0.3) is 0 Å². The van der Waals surface area contributed by atoms with E-state index in [0.29, 0.717) is 0 Å². The number of rotatable bonds is 1. The molecule has 1 fully saturated rings. The van der Waals surface area contributed by atoms with Gasteiger partial charge in [0.05, 0.1) is 12.7 Å². The summed E-state index contributed by atoms with van der Waals surface area (Å²) in [5.41, 5.74) is 2.48. The van der Waals surface area contributed by atoms with Crippen molar-refractivity contribution >= 4 is 0 Å². The predicted molar refractivity (Wildman–Crippen MR) is 80.2 cm³/mol. The lowest BCUT2D eigenvalue weighted by molar-refractivity contribution is 0.130. The summed E-state index contributed by atoms with van der Waals surface area (Å²) in [6.45, 7) is 6.67. The molecule has 1 aromatic carbocycles. The van der Waals surface area contributed by atoms with Crippen LogP contribution in [0.4, 0.5) is 0 Å². The molecule has 0 heterocycles. The number of hydrogen-bond acceptors (Lipinski definition) is 2. The summed E-state index contributed by atoms with van der Waals surface area (Å²) in [6.07, 6.45) is 5.92. The Morgan fingerprint density at radius 2 is 1.53 bits per heavy atom. The predicted octanol–water partition coefficient (Wildman–Crippen LogP) is 3.79. The largest absolute Gasteiger partial charge is 0.393 e. The molecule has 1 aliphatic carbocycles. The molecule has 0 aliphatic heterocycles. The maximum Gasteiger partial charge on any atom is 0.0681 e. The monoisotopic (exact) mass is 264 g/mol. The Hall–Kier alpha value is -0.860. The van der Waals surface area contributed by atoms with E-state index < -0.39 is 0 Å². The second-order valence-electron chi connectivity index (χ2n) is 6.40. The number of aliphatic hydroxyl groups is 2. The zero-order valence-corrected chi connectivity index (χ0v) is 12.5. The van der Waals surface area contributed by atoms with Crippen molar-refractivity contribution in [2.75, 3.05) is 0 Å². The van der Waals surface area contributed by atoms with E-state index in [0.717, 1.165) is 18.4 Å². The van der Waals surface area contributed by atoms with Crippen molar-refractivity contribution in [2.45, 2.75) is 71.0 Å². The van der Waals surface area contributed by atoms with E-state index in [1.54, 1.807) is 0 Å². The van der Waals surface area contributed by atoms with E-state index in [-0.39, 0.29) is 18.1 Å². The molecule has 0 spiro atoms. The highest BCUT2D eigenvalue weighted by molar-refractivity contribution is 5.26. The molecule has 0 bridgehead atoms. The van der Waals surface area contributed by atoms with Gasteiger partial charge in [0.1, 0.15) is 0 Å². The lowest BCUT2D eigenvalue weighted by atomic mass is 9.87. The zero-order valence-electron chi connectivity index (χ0n) is 12.5. The molecule has 1 aromatic rings. The Balaban J connectivity index is 0.000000218. The fraction of sp³-hybridized carbons (Fsp3) is 0.647. The van der Waals surface area contributed by atoms with Gasteiger partial charge in [0.25, 0.3) is 0 Å². The third-order valence-electron chi connectivity index (χ3n) is 3.58. The summed E-state index contributed by atoms with van der Waals surface area (Å²) in [6, 6.07) is 8.10. The van der Waals surface area contributed by atoms with Crippen molar-refractivity contribution in [2.24, 2.45) is 0 Å². The van der Waals surface area contributed by atoms with Crippen LogP contribution in [-0.4, -0.2) is 16.3 Å². The molecule has 108 valence electrons. The van der Waals surface area contributed by atoms with Crippen LogP contribution in [0.2, 0.25) is 0 Å². The summed E-state index contributed by atoms with van der Waals surface area (Å²) < 4.78 is 0. The molecular weight excluding hydrogens is 236 g/mol. The van der Waals surface area contributed by atoms with Crippen molar-refractivity contribution in [3.63, 3.8) is 0 Å². The molecule has 19 heavy (non-hydrogen) atoms. The van der Waals surface area contributed by atoms with Crippen molar-refractivity contribution in [1.29, 1.82) is 0 Å². The molecule has 1 aliphatic rings. The van der Waals surface area contributed by atoms with Gasteiger partial charge in [0.2, 0.25) is 0 Å². The van der Waals surface area contributed by atoms with Crippen LogP contribution in [0.15, 0.2) is 24.3 Å². The number of hydrogen-bond donors (Lipinski definition) is 2. The van der Waals surface area contributed by atoms with Gasteiger partial charge in [-0.1, -0.05) is 64.3 Å². The first-order valence-corrected chi connectivity index (χ1v) is 7.32. The third kappa shape index (κ3) is 6.22. The van der Waals surface area contributed by atoms with Crippen LogP contribution >= 0.6 is 0 Å². The quantitative estimate of drug-likeness (QED) is 0.810. The second kappa shape index (κ2) is 7.66. The van der Waals surface area contributed by atoms with E-state index in [4.69, 9.17) is 10.2 Å². The molecule has 2 nitrogen and oxygen atoms in total. The minimum absolute atomic E-state index is 0.0359. The molecule has 0 atom stereocenters. The van der Waals surface area contributed by atoms with Gasteiger partial charge in [0, 0.05) is 0 Å². The fourth-order valence-corrected chi connectivity index (χ4v) is 2.19. The molecule has 2 N–H and O–H groups in total. The van der Waals surface area contributed by atoms with Gasteiger partial charge in [-0.2, -0.15) is 0 Å². The SMILES string of the molecule is CC(C)(C)c1ccc(CO)cc1.OC1CCCCC1. The Morgan fingerprint density at radius 1 is 1.00 bits per heavy atom. The highest BCUT2D eigenvalue weighted by atomic mass is 16.3. The molecule has 0 aromatic heterocycles. The first kappa shape index (κ1) is 16.2. The van der Waals surface area contributed by atoms with Crippen molar-refractivity contribution in [3.05, 3.63) is 35.4 Å². The van der Waals surface area contributed by atoms with Crippen LogP contribution in [0.1, 0.15) is 64.0 Å². The highest BCUT2D eigenvalue weighted by Gasteiger charge is 2.12. The summed E-state index contributed by atoms with van der Waals surface area (Å²) >= 11 is 0. The minimum Gasteiger partial charge on any atom is -0.393 e. The van der Waals surface area contributed by atoms with Gasteiger partial charge in [-0.3, -0.25) is 0 Å². The molecule has 2 heteroatoms. The lowest BCUT2D eigenvalue weighted by Gasteiger charge is -2.18. The lowest BCUT2D eigenvalue weighted by Crippen LogP contribution is -2.10. The first-order valence-electron chi connectivity index (χ1n) is 7.32. The molecule has 0 saturated heterocycles. The Morgan fingerprint density at radius 3 is 1.84 bits per heavy atom. The van der Waals surface area contributed by atoms with Crippen LogP contribution in [0.3, 0.4) is 0 Å². The highest BCUT2D eigenvalue weighted by Crippen LogP contribution is 2.22. The van der Waals surface area contributed by atoms with Crippen molar-refractivity contribution < 1.29 is 10.2 Å². The van der Waals surface area contributed by atoms with Crippen molar-refractivity contribution in [3.8, 4) is 0 Å². The molecule has 2 rings (SSSR count). The Kier molecular flexibility index (Phi) is 6.53.